The molecule has 1 amide bonds. The molecule has 0 aromatic carbocycles. The molecule has 3 aromatic heterocycles. The molecule has 160 valence electrons. The van der Waals surface area contributed by atoms with Crippen LogP contribution in [0, 0.1) is 6.92 Å². The molecule has 1 aliphatic heterocycles. The fraction of sp³-hybridized carbons (Fsp3) is 0.500. The van der Waals surface area contributed by atoms with E-state index in [1.165, 1.54) is 6.92 Å². The number of carbonyl (C=O) groups excluding carboxylic acids is 1. The lowest BCUT2D eigenvalue weighted by Gasteiger charge is -2.32. The fourth-order valence-electron chi connectivity index (χ4n) is 3.77. The summed E-state index contributed by atoms with van der Waals surface area (Å²) in [7, 11) is 0. The van der Waals surface area contributed by atoms with Crippen molar-refractivity contribution in [3.63, 3.8) is 0 Å². The molecular weight excluding hydrogens is 401 g/mol. The number of nitrogens with zero attached hydrogens (tertiary/aromatic N) is 4. The van der Waals surface area contributed by atoms with Crippen molar-refractivity contribution in [2.24, 2.45) is 0 Å². The maximum Gasteiger partial charge on any atom is 0.417 e. The number of piperidine rings is 1. The number of alkyl halides is 3. The third-order valence-corrected chi connectivity index (χ3v) is 5.39. The minimum absolute atomic E-state index is 0.0928. The summed E-state index contributed by atoms with van der Waals surface area (Å²) in [6.45, 7) is 6.04. The van der Waals surface area contributed by atoms with E-state index in [9.17, 15) is 18.0 Å². The number of fused-ring (bicyclic) bond motifs is 1. The summed E-state index contributed by atoms with van der Waals surface area (Å²) in [4.78, 5) is 18.7. The zero-order chi connectivity index (χ0) is 21.6. The van der Waals surface area contributed by atoms with E-state index in [1.54, 1.807) is 11.0 Å². The van der Waals surface area contributed by atoms with E-state index < -0.39 is 11.7 Å². The molecule has 0 unspecified atom stereocenters. The van der Waals surface area contributed by atoms with Gasteiger partial charge in [-0.1, -0.05) is 24.2 Å². The number of aromatic nitrogens is 3. The number of hydrogen-bond donors (Lipinski definition) is 0. The predicted octanol–water partition coefficient (Wildman–Crippen LogP) is 4.68. The molecule has 0 N–H and O–H groups in total. The number of rotatable bonds is 3. The van der Waals surface area contributed by atoms with Gasteiger partial charge in [0.1, 0.15) is 5.76 Å². The van der Waals surface area contributed by atoms with E-state index in [0.29, 0.717) is 25.1 Å². The lowest BCUT2D eigenvalue weighted by atomic mass is 9.92. The highest BCUT2D eigenvalue weighted by Crippen LogP contribution is 2.38. The van der Waals surface area contributed by atoms with Gasteiger partial charge in [0, 0.05) is 31.0 Å². The van der Waals surface area contributed by atoms with Crippen LogP contribution in [0.5, 0.6) is 0 Å². The second kappa shape index (κ2) is 7.41. The van der Waals surface area contributed by atoms with Crippen molar-refractivity contribution >= 4 is 17.0 Å². The van der Waals surface area contributed by atoms with Gasteiger partial charge in [-0.3, -0.25) is 4.79 Å². The molecule has 0 aliphatic carbocycles. The Morgan fingerprint density at radius 3 is 2.67 bits per heavy atom. The van der Waals surface area contributed by atoms with Gasteiger partial charge in [-0.2, -0.15) is 13.2 Å². The third-order valence-electron chi connectivity index (χ3n) is 5.39. The van der Waals surface area contributed by atoms with Gasteiger partial charge in [-0.25, -0.2) is 4.98 Å². The minimum atomic E-state index is -4.57. The van der Waals surface area contributed by atoms with Gasteiger partial charge >= 0.3 is 6.18 Å². The van der Waals surface area contributed by atoms with Crippen molar-refractivity contribution in [2.75, 3.05) is 13.1 Å². The van der Waals surface area contributed by atoms with Crippen LogP contribution in [0.25, 0.3) is 11.1 Å². The predicted molar refractivity (Wildman–Crippen MR) is 100 cm³/mol. The number of likely N-dealkylation sites (tertiary alicyclic amines) is 1. The Morgan fingerprint density at radius 1 is 1.23 bits per heavy atom. The lowest BCUT2D eigenvalue weighted by molar-refractivity contribution is -0.136. The summed E-state index contributed by atoms with van der Waals surface area (Å²) < 4.78 is 51.1. The van der Waals surface area contributed by atoms with Gasteiger partial charge in [0.05, 0.1) is 22.3 Å². The standard InChI is InChI=1S/C20H21F3N4O3/c1-10(2)16-8-15(26-29-16)19(28)27-6-4-5-12(9-27)14-7-13(20(21,22)23)17-11(3)25-30-18(17)24-14/h7-8,10,12H,4-6,9H2,1-3H3/t12-/m0/s1. The Hall–Kier alpha value is -2.91. The lowest BCUT2D eigenvalue weighted by Crippen LogP contribution is -2.39. The first kappa shape index (κ1) is 20.4. The van der Waals surface area contributed by atoms with Gasteiger partial charge < -0.3 is 13.9 Å². The van der Waals surface area contributed by atoms with Crippen LogP contribution in [0.3, 0.4) is 0 Å². The minimum Gasteiger partial charge on any atom is -0.360 e. The Balaban J connectivity index is 1.63. The molecule has 1 saturated heterocycles. The summed E-state index contributed by atoms with van der Waals surface area (Å²) in [6, 6.07) is 2.66. The highest BCUT2D eigenvalue weighted by atomic mass is 19.4. The van der Waals surface area contributed by atoms with Crippen LogP contribution in [0.15, 0.2) is 21.2 Å². The maximum absolute atomic E-state index is 13.6. The molecule has 1 fully saturated rings. The first-order chi connectivity index (χ1) is 14.1. The van der Waals surface area contributed by atoms with E-state index in [-0.39, 0.29) is 52.5 Å². The van der Waals surface area contributed by atoms with Gasteiger partial charge in [0.25, 0.3) is 11.6 Å². The molecule has 0 saturated carbocycles. The molecular formula is C20H21F3N4O3. The van der Waals surface area contributed by atoms with Crippen LogP contribution in [0.1, 0.15) is 71.7 Å². The van der Waals surface area contributed by atoms with Crippen molar-refractivity contribution in [3.05, 3.63) is 40.5 Å². The number of carbonyl (C=O) groups is 1. The number of hydrogen-bond acceptors (Lipinski definition) is 6. The Morgan fingerprint density at radius 2 is 2.00 bits per heavy atom. The Bertz CT molecular complexity index is 1090. The molecule has 3 aromatic rings. The molecule has 10 heteroatoms. The Kier molecular flexibility index (Phi) is 5.03. The SMILES string of the molecule is Cc1noc2nc([C@H]3CCCN(C(=O)c4cc(C(C)C)on4)C3)cc(C(F)(F)F)c12. The first-order valence-corrected chi connectivity index (χ1v) is 9.75. The highest BCUT2D eigenvalue weighted by Gasteiger charge is 2.37. The molecule has 0 spiro atoms. The van der Waals surface area contributed by atoms with Crippen LogP contribution in [-0.2, 0) is 6.18 Å². The van der Waals surface area contributed by atoms with E-state index in [1.807, 2.05) is 13.8 Å². The highest BCUT2D eigenvalue weighted by molar-refractivity contribution is 5.92. The van der Waals surface area contributed by atoms with Gasteiger partial charge in [0.15, 0.2) is 5.69 Å². The molecule has 7 nitrogen and oxygen atoms in total. The smallest absolute Gasteiger partial charge is 0.360 e. The second-order valence-corrected chi connectivity index (χ2v) is 7.90. The van der Waals surface area contributed by atoms with Crippen molar-refractivity contribution in [3.8, 4) is 0 Å². The van der Waals surface area contributed by atoms with Crippen molar-refractivity contribution < 1.29 is 27.0 Å². The molecule has 4 rings (SSSR count). The van der Waals surface area contributed by atoms with E-state index >= 15 is 0 Å². The summed E-state index contributed by atoms with van der Waals surface area (Å²) in [6.07, 6.45) is -3.31. The van der Waals surface area contributed by atoms with E-state index in [0.717, 1.165) is 6.07 Å². The van der Waals surface area contributed by atoms with Gasteiger partial charge in [0.2, 0.25) is 0 Å². The average molecular weight is 422 g/mol. The number of aryl methyl sites for hydroxylation is 1. The summed E-state index contributed by atoms with van der Waals surface area (Å²) >= 11 is 0. The molecule has 0 radical (unpaired) electrons. The first-order valence-electron chi connectivity index (χ1n) is 9.75. The summed E-state index contributed by atoms with van der Waals surface area (Å²) in [5, 5.41) is 7.36. The number of halogens is 3. The second-order valence-electron chi connectivity index (χ2n) is 7.90. The number of amides is 1. The average Bonchev–Trinajstić information content (AvgIpc) is 3.34. The van der Waals surface area contributed by atoms with E-state index in [2.05, 4.69) is 15.3 Å². The quantitative estimate of drug-likeness (QED) is 0.609. The monoisotopic (exact) mass is 422 g/mol. The normalized spacial score (nSPS) is 17.8. The fourth-order valence-corrected chi connectivity index (χ4v) is 3.77. The van der Waals surface area contributed by atoms with Crippen LogP contribution in [-0.4, -0.2) is 39.2 Å². The largest absolute Gasteiger partial charge is 0.417 e. The summed E-state index contributed by atoms with van der Waals surface area (Å²) in [5.41, 5.74) is -0.374. The third kappa shape index (κ3) is 3.66. The molecule has 1 atom stereocenters. The summed E-state index contributed by atoms with van der Waals surface area (Å²) in [5.74, 6) is 0.0443. The van der Waals surface area contributed by atoms with Crippen molar-refractivity contribution in [1.29, 1.82) is 0 Å². The van der Waals surface area contributed by atoms with Crippen LogP contribution < -0.4 is 0 Å². The van der Waals surface area contributed by atoms with Gasteiger partial charge in [-0.05, 0) is 25.8 Å². The van der Waals surface area contributed by atoms with Crippen LogP contribution in [0.4, 0.5) is 13.2 Å². The van der Waals surface area contributed by atoms with Crippen LogP contribution >= 0.6 is 0 Å². The Labute approximate surface area is 170 Å². The zero-order valence-electron chi connectivity index (χ0n) is 16.8. The van der Waals surface area contributed by atoms with Crippen LogP contribution in [0.2, 0.25) is 0 Å². The van der Waals surface area contributed by atoms with Gasteiger partial charge in [-0.15, -0.1) is 0 Å². The number of pyridine rings is 1. The molecule has 30 heavy (non-hydrogen) atoms. The zero-order valence-corrected chi connectivity index (χ0v) is 16.8. The molecule has 0 bridgehead atoms. The maximum atomic E-state index is 13.6. The van der Waals surface area contributed by atoms with Crippen molar-refractivity contribution in [2.45, 2.75) is 51.6 Å². The topological polar surface area (TPSA) is 85.3 Å². The molecule has 1 aliphatic rings. The van der Waals surface area contributed by atoms with Crippen molar-refractivity contribution in [1.82, 2.24) is 20.2 Å². The van der Waals surface area contributed by atoms with E-state index in [4.69, 9.17) is 9.05 Å². The molecule has 4 heterocycles.